The molecule has 4 nitrogen and oxygen atoms in total. The van der Waals surface area contributed by atoms with Crippen molar-refractivity contribution in [2.24, 2.45) is 5.73 Å². The Balaban J connectivity index is 2.59. The van der Waals surface area contributed by atoms with E-state index in [1.54, 1.807) is 14.2 Å². The van der Waals surface area contributed by atoms with Crippen LogP contribution in [0.2, 0.25) is 0 Å². The van der Waals surface area contributed by atoms with Crippen molar-refractivity contribution in [3.05, 3.63) is 23.8 Å². The first kappa shape index (κ1) is 16.8. The van der Waals surface area contributed by atoms with Crippen molar-refractivity contribution in [3.63, 3.8) is 0 Å². The minimum Gasteiger partial charge on any atom is -0.493 e. The largest absolute Gasteiger partial charge is 0.493 e. The summed E-state index contributed by atoms with van der Waals surface area (Å²) in [5, 5.41) is 0. The van der Waals surface area contributed by atoms with Crippen LogP contribution in [0.1, 0.15) is 31.7 Å². The average molecular weight is 281 g/mol. The van der Waals surface area contributed by atoms with Crippen LogP contribution in [-0.4, -0.2) is 33.5 Å². The van der Waals surface area contributed by atoms with Crippen LogP contribution in [0, 0.1) is 0 Å². The van der Waals surface area contributed by atoms with Gasteiger partial charge in [-0.25, -0.2) is 0 Å². The summed E-state index contributed by atoms with van der Waals surface area (Å²) in [5.74, 6) is 1.57. The number of unbranched alkanes of at least 4 members (excludes halogenated alkanes) is 1. The van der Waals surface area contributed by atoms with Gasteiger partial charge in [-0.2, -0.15) is 0 Å². The molecular formula is C16H27NO3. The molecule has 2 N–H and O–H groups in total. The van der Waals surface area contributed by atoms with Crippen molar-refractivity contribution in [2.75, 3.05) is 27.4 Å². The molecule has 0 spiro atoms. The molecule has 0 fully saturated rings. The lowest BCUT2D eigenvalue weighted by molar-refractivity contribution is 0.183. The van der Waals surface area contributed by atoms with Gasteiger partial charge in [0.15, 0.2) is 11.5 Å². The van der Waals surface area contributed by atoms with Gasteiger partial charge < -0.3 is 19.9 Å². The summed E-state index contributed by atoms with van der Waals surface area (Å²) < 4.78 is 16.2. The van der Waals surface area contributed by atoms with Crippen LogP contribution in [0.5, 0.6) is 11.5 Å². The van der Waals surface area contributed by atoms with Crippen molar-refractivity contribution in [1.29, 1.82) is 0 Å². The summed E-state index contributed by atoms with van der Waals surface area (Å²) >= 11 is 0. The second-order valence-corrected chi connectivity index (χ2v) is 4.91. The van der Waals surface area contributed by atoms with Gasteiger partial charge in [0.05, 0.1) is 13.7 Å². The fourth-order valence-electron chi connectivity index (χ4n) is 1.94. The van der Waals surface area contributed by atoms with Gasteiger partial charge in [0, 0.05) is 19.8 Å². The van der Waals surface area contributed by atoms with Crippen molar-refractivity contribution in [2.45, 2.75) is 38.6 Å². The van der Waals surface area contributed by atoms with Gasteiger partial charge in [0.2, 0.25) is 0 Å². The monoisotopic (exact) mass is 281 g/mol. The predicted octanol–water partition coefficient (Wildman–Crippen LogP) is 2.78. The topological polar surface area (TPSA) is 53.7 Å². The highest BCUT2D eigenvalue weighted by Gasteiger charge is 2.08. The molecule has 0 bridgehead atoms. The summed E-state index contributed by atoms with van der Waals surface area (Å²) in [7, 11) is 3.37. The molecule has 0 aliphatic heterocycles. The van der Waals surface area contributed by atoms with Gasteiger partial charge in [-0.15, -0.1) is 0 Å². The first-order valence-electron chi connectivity index (χ1n) is 7.25. The first-order valence-corrected chi connectivity index (χ1v) is 7.25. The Morgan fingerprint density at radius 3 is 2.50 bits per heavy atom. The lowest BCUT2D eigenvalue weighted by Crippen LogP contribution is -2.21. The molecule has 0 saturated heterocycles. The smallest absolute Gasteiger partial charge is 0.161 e. The second-order valence-electron chi connectivity index (χ2n) is 4.91. The molecule has 1 aromatic carbocycles. The quantitative estimate of drug-likeness (QED) is 0.670. The minimum absolute atomic E-state index is 0.193. The van der Waals surface area contributed by atoms with Crippen molar-refractivity contribution >= 4 is 0 Å². The number of ether oxygens (including phenoxy) is 3. The fraction of sp³-hybridized carbons (Fsp3) is 0.625. The average Bonchev–Trinajstić information content (AvgIpc) is 2.47. The number of nitrogens with two attached hydrogens (primary N) is 1. The van der Waals surface area contributed by atoms with Crippen LogP contribution in [-0.2, 0) is 11.2 Å². The number of rotatable bonds is 10. The van der Waals surface area contributed by atoms with Crippen LogP contribution in [0.25, 0.3) is 0 Å². The lowest BCUT2D eigenvalue weighted by atomic mass is 10.0. The van der Waals surface area contributed by atoms with Crippen LogP contribution >= 0.6 is 0 Å². The third-order valence-corrected chi connectivity index (χ3v) is 3.25. The van der Waals surface area contributed by atoms with Crippen LogP contribution < -0.4 is 15.2 Å². The van der Waals surface area contributed by atoms with E-state index < -0.39 is 0 Å². The van der Waals surface area contributed by atoms with Crippen LogP contribution in [0.15, 0.2) is 18.2 Å². The summed E-state index contributed by atoms with van der Waals surface area (Å²) in [4.78, 5) is 0. The van der Waals surface area contributed by atoms with Gasteiger partial charge in [-0.3, -0.25) is 0 Å². The Hall–Kier alpha value is -1.26. The van der Waals surface area contributed by atoms with Gasteiger partial charge in [-0.1, -0.05) is 13.0 Å². The fourth-order valence-corrected chi connectivity index (χ4v) is 1.94. The molecule has 114 valence electrons. The van der Waals surface area contributed by atoms with E-state index in [1.165, 1.54) is 5.56 Å². The van der Waals surface area contributed by atoms with Crippen molar-refractivity contribution < 1.29 is 14.2 Å². The molecule has 0 saturated carbocycles. The number of hydrogen-bond acceptors (Lipinski definition) is 4. The predicted molar refractivity (Wildman–Crippen MR) is 81.6 cm³/mol. The number of benzene rings is 1. The standard InChI is InChI=1S/C16H27NO3/c1-4-14(17)11-13-7-8-15(19-3)16(12-13)20-10-6-5-9-18-2/h7-8,12,14H,4-6,9-11,17H2,1-3H3. The Morgan fingerprint density at radius 2 is 1.85 bits per heavy atom. The van der Waals surface area contributed by atoms with Crippen LogP contribution in [0.4, 0.5) is 0 Å². The second kappa shape index (κ2) is 9.61. The number of methoxy groups -OCH3 is 2. The molecule has 4 heteroatoms. The molecule has 0 aliphatic rings. The van der Waals surface area contributed by atoms with Gasteiger partial charge >= 0.3 is 0 Å². The maximum Gasteiger partial charge on any atom is 0.161 e. The molecular weight excluding hydrogens is 254 g/mol. The van der Waals surface area contributed by atoms with E-state index >= 15 is 0 Å². The van der Waals surface area contributed by atoms with Gasteiger partial charge in [-0.05, 0) is 43.4 Å². The molecule has 0 radical (unpaired) electrons. The minimum atomic E-state index is 0.193. The van der Waals surface area contributed by atoms with E-state index in [-0.39, 0.29) is 6.04 Å². The zero-order valence-electron chi connectivity index (χ0n) is 12.9. The van der Waals surface area contributed by atoms with E-state index in [0.29, 0.717) is 6.61 Å². The SMILES string of the molecule is CCC(N)Cc1ccc(OC)c(OCCCCOC)c1. The third kappa shape index (κ3) is 5.80. The normalized spacial score (nSPS) is 12.2. The number of hydrogen-bond donors (Lipinski definition) is 1. The van der Waals surface area contributed by atoms with E-state index in [2.05, 4.69) is 6.92 Å². The molecule has 1 unspecified atom stereocenters. The third-order valence-electron chi connectivity index (χ3n) is 3.25. The maximum atomic E-state index is 5.99. The highest BCUT2D eigenvalue weighted by molar-refractivity contribution is 5.43. The Morgan fingerprint density at radius 1 is 1.10 bits per heavy atom. The molecule has 1 aromatic rings. The summed E-state index contributed by atoms with van der Waals surface area (Å²) in [5.41, 5.74) is 7.18. The molecule has 0 aromatic heterocycles. The van der Waals surface area contributed by atoms with E-state index in [4.69, 9.17) is 19.9 Å². The van der Waals surface area contributed by atoms with E-state index in [9.17, 15) is 0 Å². The summed E-state index contributed by atoms with van der Waals surface area (Å²) in [6.07, 6.45) is 3.80. The Labute approximate surface area is 122 Å². The molecule has 0 aliphatic carbocycles. The molecule has 0 heterocycles. The van der Waals surface area contributed by atoms with E-state index in [1.807, 2.05) is 18.2 Å². The first-order chi connectivity index (χ1) is 9.71. The maximum absolute atomic E-state index is 5.99. The molecule has 0 amide bonds. The molecule has 1 rings (SSSR count). The summed E-state index contributed by atoms with van der Waals surface area (Å²) in [6, 6.07) is 6.22. The van der Waals surface area contributed by atoms with Crippen molar-refractivity contribution in [1.82, 2.24) is 0 Å². The van der Waals surface area contributed by atoms with Gasteiger partial charge in [0.1, 0.15) is 0 Å². The Bertz CT molecular complexity index is 382. The van der Waals surface area contributed by atoms with Crippen LogP contribution in [0.3, 0.4) is 0 Å². The summed E-state index contributed by atoms with van der Waals surface area (Å²) in [6.45, 7) is 3.54. The van der Waals surface area contributed by atoms with Gasteiger partial charge in [0.25, 0.3) is 0 Å². The zero-order chi connectivity index (χ0) is 14.8. The molecule has 1 atom stereocenters. The van der Waals surface area contributed by atoms with E-state index in [0.717, 1.165) is 43.8 Å². The van der Waals surface area contributed by atoms with Crippen molar-refractivity contribution in [3.8, 4) is 11.5 Å². The highest BCUT2D eigenvalue weighted by Crippen LogP contribution is 2.28. The lowest BCUT2D eigenvalue weighted by Gasteiger charge is -2.14. The molecule has 20 heavy (non-hydrogen) atoms. The zero-order valence-corrected chi connectivity index (χ0v) is 12.9. The Kier molecular flexibility index (Phi) is 8.07. The highest BCUT2D eigenvalue weighted by atomic mass is 16.5.